The van der Waals surface area contributed by atoms with E-state index in [9.17, 15) is 13.9 Å². The number of hydrogen-bond donors (Lipinski definition) is 2. The molecule has 1 amide bonds. The molecule has 0 aliphatic carbocycles. The van der Waals surface area contributed by atoms with Crippen LogP contribution < -0.4 is 14.9 Å². The molecule has 204 valence electrons. The van der Waals surface area contributed by atoms with Gasteiger partial charge in [0, 0.05) is 36.9 Å². The molecule has 4 aromatic carbocycles. The lowest BCUT2D eigenvalue weighted by atomic mass is 10.1. The molecule has 0 aromatic heterocycles. The lowest BCUT2D eigenvalue weighted by Crippen LogP contribution is -2.43. The van der Waals surface area contributed by atoms with Crippen molar-refractivity contribution >= 4 is 28.3 Å². The average molecular weight is 553 g/mol. The summed E-state index contributed by atoms with van der Waals surface area (Å²) in [6.45, 7) is 1.67. The third kappa shape index (κ3) is 7.08. The molecule has 4 aromatic rings. The van der Waals surface area contributed by atoms with Crippen molar-refractivity contribution in [3.63, 3.8) is 0 Å². The zero-order valence-electron chi connectivity index (χ0n) is 22.1. The van der Waals surface area contributed by atoms with Crippen LogP contribution in [0.3, 0.4) is 0 Å². The van der Waals surface area contributed by atoms with Gasteiger partial charge in [0.25, 0.3) is 5.91 Å². The van der Waals surface area contributed by atoms with Crippen LogP contribution in [0.2, 0.25) is 0 Å². The van der Waals surface area contributed by atoms with E-state index in [1.165, 1.54) is 0 Å². The SMILES string of the molecule is O=NC(Cc1ccccc1)C(=O)Nc1ccc(N2CCC(NS(=O)c3ccc(-c4ccccc4)cc3)CC2)cc1. The molecule has 1 saturated heterocycles. The normalized spacial score (nSPS) is 15.2. The summed E-state index contributed by atoms with van der Waals surface area (Å²) >= 11 is 0. The van der Waals surface area contributed by atoms with Gasteiger partial charge in [-0.15, -0.1) is 4.91 Å². The largest absolute Gasteiger partial charge is 0.371 e. The summed E-state index contributed by atoms with van der Waals surface area (Å²) in [5.74, 6) is -0.416. The number of hydrogen-bond acceptors (Lipinski definition) is 5. The van der Waals surface area contributed by atoms with E-state index in [4.69, 9.17) is 0 Å². The van der Waals surface area contributed by atoms with Gasteiger partial charge < -0.3 is 10.2 Å². The van der Waals surface area contributed by atoms with Gasteiger partial charge in [-0.3, -0.25) is 4.79 Å². The molecule has 7 nitrogen and oxygen atoms in total. The van der Waals surface area contributed by atoms with Crippen molar-refractivity contribution in [3.05, 3.63) is 120 Å². The number of nitrogens with one attached hydrogen (secondary N) is 2. The smallest absolute Gasteiger partial charge is 0.253 e. The molecule has 1 heterocycles. The van der Waals surface area contributed by atoms with E-state index in [2.05, 4.69) is 32.2 Å². The van der Waals surface area contributed by atoms with Crippen LogP contribution in [0.15, 0.2) is 119 Å². The summed E-state index contributed by atoms with van der Waals surface area (Å²) in [4.78, 5) is 27.0. The Kier molecular flexibility index (Phi) is 9.11. The van der Waals surface area contributed by atoms with Crippen LogP contribution in [0.25, 0.3) is 11.1 Å². The highest BCUT2D eigenvalue weighted by Crippen LogP contribution is 2.24. The Bertz CT molecular complexity index is 1420. The molecule has 1 aliphatic rings. The van der Waals surface area contributed by atoms with Crippen molar-refractivity contribution < 1.29 is 9.00 Å². The van der Waals surface area contributed by atoms with E-state index in [0.717, 1.165) is 53.2 Å². The van der Waals surface area contributed by atoms with Crippen molar-refractivity contribution in [1.29, 1.82) is 0 Å². The van der Waals surface area contributed by atoms with Crippen LogP contribution in [-0.2, 0) is 22.2 Å². The topological polar surface area (TPSA) is 90.9 Å². The number of nitroso groups, excluding NO2 is 1. The number of carbonyl (C=O) groups is 1. The number of benzene rings is 4. The fourth-order valence-electron chi connectivity index (χ4n) is 4.87. The van der Waals surface area contributed by atoms with Crippen LogP contribution in [0.4, 0.5) is 11.4 Å². The van der Waals surface area contributed by atoms with E-state index < -0.39 is 22.9 Å². The third-order valence-electron chi connectivity index (χ3n) is 7.15. The Hall–Kier alpha value is -4.14. The fourth-order valence-corrected chi connectivity index (χ4v) is 5.93. The van der Waals surface area contributed by atoms with Crippen molar-refractivity contribution in [2.45, 2.75) is 36.2 Å². The van der Waals surface area contributed by atoms with Gasteiger partial charge in [-0.1, -0.05) is 78.0 Å². The van der Waals surface area contributed by atoms with Crippen LogP contribution in [0.5, 0.6) is 0 Å². The maximum absolute atomic E-state index is 12.9. The van der Waals surface area contributed by atoms with Gasteiger partial charge in [0.2, 0.25) is 0 Å². The highest BCUT2D eigenvalue weighted by molar-refractivity contribution is 7.83. The highest BCUT2D eigenvalue weighted by atomic mass is 32.2. The summed E-state index contributed by atoms with van der Waals surface area (Å²) in [6.07, 6.45) is 2.01. The van der Waals surface area contributed by atoms with Crippen LogP contribution in [-0.4, -0.2) is 35.3 Å². The second-order valence-corrected chi connectivity index (χ2v) is 11.1. The zero-order valence-corrected chi connectivity index (χ0v) is 22.9. The van der Waals surface area contributed by atoms with Crippen molar-refractivity contribution in [3.8, 4) is 11.1 Å². The zero-order chi connectivity index (χ0) is 27.7. The number of piperidine rings is 1. The Morgan fingerprint density at radius 3 is 2.05 bits per heavy atom. The van der Waals surface area contributed by atoms with Crippen molar-refractivity contribution in [2.24, 2.45) is 5.18 Å². The maximum Gasteiger partial charge on any atom is 0.253 e. The van der Waals surface area contributed by atoms with E-state index in [0.29, 0.717) is 5.69 Å². The monoisotopic (exact) mass is 552 g/mol. The number of carbonyl (C=O) groups excluding carboxylic acids is 1. The highest BCUT2D eigenvalue weighted by Gasteiger charge is 2.22. The van der Waals surface area contributed by atoms with Crippen LogP contribution in [0.1, 0.15) is 18.4 Å². The lowest BCUT2D eigenvalue weighted by molar-refractivity contribution is -0.117. The molecular formula is C32H32N4O3S. The van der Waals surface area contributed by atoms with Gasteiger partial charge in [0.05, 0.1) is 4.90 Å². The molecule has 2 N–H and O–H groups in total. The van der Waals surface area contributed by atoms with E-state index in [-0.39, 0.29) is 12.5 Å². The minimum atomic E-state index is -1.27. The fraction of sp³-hybridized carbons (Fsp3) is 0.219. The Morgan fingerprint density at radius 2 is 1.43 bits per heavy atom. The molecule has 2 unspecified atom stereocenters. The molecule has 5 rings (SSSR count). The predicted octanol–water partition coefficient (Wildman–Crippen LogP) is 5.95. The van der Waals surface area contributed by atoms with Crippen molar-refractivity contribution in [1.82, 2.24) is 4.72 Å². The van der Waals surface area contributed by atoms with Gasteiger partial charge in [0.1, 0.15) is 11.0 Å². The molecule has 0 radical (unpaired) electrons. The molecule has 1 aliphatic heterocycles. The maximum atomic E-state index is 12.9. The summed E-state index contributed by atoms with van der Waals surface area (Å²) < 4.78 is 16.2. The van der Waals surface area contributed by atoms with Gasteiger partial charge in [-0.25, -0.2) is 8.93 Å². The quantitative estimate of drug-likeness (QED) is 0.238. The third-order valence-corrected chi connectivity index (χ3v) is 8.39. The molecule has 0 bridgehead atoms. The Labute approximate surface area is 237 Å². The molecule has 0 saturated carbocycles. The first-order valence-electron chi connectivity index (χ1n) is 13.4. The number of anilines is 2. The first kappa shape index (κ1) is 27.4. The molecule has 1 fully saturated rings. The Balaban J connectivity index is 1.09. The van der Waals surface area contributed by atoms with E-state index >= 15 is 0 Å². The summed E-state index contributed by atoms with van der Waals surface area (Å²) in [5, 5.41) is 5.84. The average Bonchev–Trinajstić information content (AvgIpc) is 3.01. The Morgan fingerprint density at radius 1 is 0.825 bits per heavy atom. The van der Waals surface area contributed by atoms with Crippen molar-refractivity contribution in [2.75, 3.05) is 23.3 Å². The van der Waals surface area contributed by atoms with Crippen LogP contribution >= 0.6 is 0 Å². The van der Waals surface area contributed by atoms with Gasteiger partial charge in [0.15, 0.2) is 6.04 Å². The molecule has 2 atom stereocenters. The van der Waals surface area contributed by atoms with Gasteiger partial charge >= 0.3 is 0 Å². The van der Waals surface area contributed by atoms with E-state index in [1.54, 1.807) is 0 Å². The number of amides is 1. The van der Waals surface area contributed by atoms with Gasteiger partial charge in [-0.2, -0.15) is 0 Å². The van der Waals surface area contributed by atoms with E-state index in [1.807, 2.05) is 97.1 Å². The second kappa shape index (κ2) is 13.3. The summed E-state index contributed by atoms with van der Waals surface area (Å²) in [7, 11) is -1.27. The molecule has 8 heteroatoms. The first-order chi connectivity index (χ1) is 19.6. The predicted molar refractivity (Wildman–Crippen MR) is 161 cm³/mol. The van der Waals surface area contributed by atoms with Gasteiger partial charge in [-0.05, 0) is 65.9 Å². The minimum Gasteiger partial charge on any atom is -0.371 e. The minimum absolute atomic E-state index is 0.168. The first-order valence-corrected chi connectivity index (χ1v) is 14.6. The number of nitrogens with zero attached hydrogens (tertiary/aromatic N) is 2. The summed E-state index contributed by atoms with van der Waals surface area (Å²) in [6, 6.07) is 34.2. The number of rotatable bonds is 10. The molecular weight excluding hydrogens is 520 g/mol. The molecule has 0 spiro atoms. The second-order valence-electron chi connectivity index (χ2n) is 9.89. The molecule has 40 heavy (non-hydrogen) atoms. The van der Waals surface area contributed by atoms with Crippen LogP contribution in [0, 0.1) is 4.91 Å². The summed E-state index contributed by atoms with van der Waals surface area (Å²) in [5.41, 5.74) is 4.82. The lowest BCUT2D eigenvalue weighted by Gasteiger charge is -2.33. The standard InChI is InChI=1S/C32H32N4O3S/c37-32(31(34-38)23-24-7-3-1-4-8-24)33-27-13-15-29(16-14-27)36-21-19-28(20-22-36)35-40(39)30-17-11-26(12-18-30)25-9-5-2-6-10-25/h1-18,28,31,35H,19-23H2,(H,33,37).